The zero-order valence-corrected chi connectivity index (χ0v) is 19.3. The van der Waals surface area contributed by atoms with Crippen LogP contribution in [0.25, 0.3) is 0 Å². The molecule has 2 atom stereocenters. The lowest BCUT2D eigenvalue weighted by atomic mass is 10.0. The molecule has 2 rings (SSSR count). The van der Waals surface area contributed by atoms with E-state index in [-0.39, 0.29) is 23.7 Å². The molecule has 0 aliphatic carbocycles. The van der Waals surface area contributed by atoms with Crippen LogP contribution in [-0.4, -0.2) is 59.7 Å². The van der Waals surface area contributed by atoms with Crippen molar-refractivity contribution < 1.29 is 27.5 Å². The summed E-state index contributed by atoms with van der Waals surface area (Å²) < 4.78 is 44.0. The molecule has 1 aromatic rings. The number of nitrogens with zero attached hydrogens (tertiary/aromatic N) is 3. The lowest BCUT2D eigenvalue weighted by Crippen LogP contribution is -2.50. The maximum absolute atomic E-state index is 12.9. The average Bonchev–Trinajstić information content (AvgIpc) is 2.69. The predicted molar refractivity (Wildman–Crippen MR) is 115 cm³/mol. The molecule has 2 unspecified atom stereocenters. The van der Waals surface area contributed by atoms with E-state index in [1.54, 1.807) is 30.6 Å². The van der Waals surface area contributed by atoms with Gasteiger partial charge in [0.2, 0.25) is 5.91 Å². The highest BCUT2D eigenvalue weighted by Crippen LogP contribution is 2.31. The van der Waals surface area contributed by atoms with Gasteiger partial charge in [0, 0.05) is 44.3 Å². The van der Waals surface area contributed by atoms with E-state index < -0.39 is 23.4 Å². The second kappa shape index (κ2) is 10.4. The number of hydrogen-bond acceptors (Lipinski definition) is 5. The molecule has 0 spiro atoms. The summed E-state index contributed by atoms with van der Waals surface area (Å²) in [5.41, 5.74) is -1.30. The molecule has 32 heavy (non-hydrogen) atoms. The number of alkyl halides is 3. The number of anilines is 1. The molecule has 1 fully saturated rings. The molecule has 2 heterocycles. The molecule has 1 aliphatic rings. The Labute approximate surface area is 187 Å². The van der Waals surface area contributed by atoms with Gasteiger partial charge in [-0.2, -0.15) is 13.2 Å². The van der Waals surface area contributed by atoms with Crippen molar-refractivity contribution in [2.24, 2.45) is 5.92 Å². The maximum atomic E-state index is 12.9. The lowest BCUT2D eigenvalue weighted by Gasteiger charge is -2.36. The summed E-state index contributed by atoms with van der Waals surface area (Å²) in [7, 11) is 0. The molecule has 0 radical (unpaired) electrons. The predicted octanol–water partition coefficient (Wildman–Crippen LogP) is 4.08. The molecular formula is C22H33F3N4O3. The standard InChI is InChI=1S/C22H33F3N4O3/c1-15(6-7-16(2)27-20(31)32-21(3,4)5)19(30)29-12-10-28(11-13-29)18-14-17(8-9-26-18)22(23,24)25/h8-9,14-16H,6-7,10-13H2,1-5H3,(H,27,31). The number of hydrogen-bond donors (Lipinski definition) is 1. The molecule has 1 saturated heterocycles. The van der Waals surface area contributed by atoms with E-state index in [0.717, 1.165) is 18.3 Å². The van der Waals surface area contributed by atoms with Crippen LogP contribution in [0.4, 0.5) is 23.8 Å². The van der Waals surface area contributed by atoms with Crippen molar-refractivity contribution in [3.8, 4) is 0 Å². The Hall–Kier alpha value is -2.52. The van der Waals surface area contributed by atoms with Gasteiger partial charge in [-0.05, 0) is 52.7 Å². The summed E-state index contributed by atoms with van der Waals surface area (Å²) in [5.74, 6) is 0.0456. The number of amides is 2. The second-order valence-corrected chi connectivity index (χ2v) is 9.24. The van der Waals surface area contributed by atoms with E-state index in [0.29, 0.717) is 39.0 Å². The van der Waals surface area contributed by atoms with Crippen molar-refractivity contribution in [2.75, 3.05) is 31.1 Å². The number of rotatable bonds is 6. The van der Waals surface area contributed by atoms with Gasteiger partial charge >= 0.3 is 12.3 Å². The maximum Gasteiger partial charge on any atom is 0.416 e. The van der Waals surface area contributed by atoms with Crippen molar-refractivity contribution in [1.29, 1.82) is 0 Å². The smallest absolute Gasteiger partial charge is 0.416 e. The van der Waals surface area contributed by atoms with Gasteiger partial charge in [-0.15, -0.1) is 0 Å². The fourth-order valence-electron chi connectivity index (χ4n) is 3.44. The van der Waals surface area contributed by atoms with Gasteiger partial charge in [-0.3, -0.25) is 4.79 Å². The van der Waals surface area contributed by atoms with Gasteiger partial charge in [-0.25, -0.2) is 9.78 Å². The minimum Gasteiger partial charge on any atom is -0.444 e. The first-order chi connectivity index (χ1) is 14.8. The number of carbonyl (C=O) groups is 2. The SMILES string of the molecule is CC(CCC(C)C(=O)N1CCN(c2cc(C(F)(F)F)ccn2)CC1)NC(=O)OC(C)(C)C. The summed E-state index contributed by atoms with van der Waals surface area (Å²) >= 11 is 0. The highest BCUT2D eigenvalue weighted by molar-refractivity contribution is 5.78. The van der Waals surface area contributed by atoms with Crippen LogP contribution < -0.4 is 10.2 Å². The highest BCUT2D eigenvalue weighted by atomic mass is 19.4. The number of aromatic nitrogens is 1. The van der Waals surface area contributed by atoms with Crippen molar-refractivity contribution >= 4 is 17.8 Å². The first-order valence-electron chi connectivity index (χ1n) is 10.8. The van der Waals surface area contributed by atoms with Gasteiger partial charge in [-0.1, -0.05) is 6.92 Å². The Balaban J connectivity index is 1.80. The molecule has 0 aromatic carbocycles. The molecule has 1 aliphatic heterocycles. The molecule has 0 saturated carbocycles. The van der Waals surface area contributed by atoms with Gasteiger partial charge in [0.15, 0.2) is 0 Å². The van der Waals surface area contributed by atoms with E-state index >= 15 is 0 Å². The van der Waals surface area contributed by atoms with Crippen LogP contribution in [0.15, 0.2) is 18.3 Å². The number of carbonyl (C=O) groups excluding carboxylic acids is 2. The third kappa shape index (κ3) is 7.87. The van der Waals surface area contributed by atoms with Crippen molar-refractivity contribution in [3.63, 3.8) is 0 Å². The first kappa shape index (κ1) is 25.7. The van der Waals surface area contributed by atoms with Gasteiger partial charge in [0.1, 0.15) is 11.4 Å². The third-order valence-electron chi connectivity index (χ3n) is 5.21. The van der Waals surface area contributed by atoms with Crippen molar-refractivity contribution in [3.05, 3.63) is 23.9 Å². The molecule has 2 amide bonds. The normalized spacial score (nSPS) is 17.0. The Bertz CT molecular complexity index is 787. The third-order valence-corrected chi connectivity index (χ3v) is 5.21. The Morgan fingerprint density at radius 1 is 1.12 bits per heavy atom. The lowest BCUT2D eigenvalue weighted by molar-refractivity contribution is -0.137. The van der Waals surface area contributed by atoms with Crippen LogP contribution in [0.2, 0.25) is 0 Å². The summed E-state index contributed by atoms with van der Waals surface area (Å²) in [6, 6.07) is 1.85. The molecule has 0 bridgehead atoms. The largest absolute Gasteiger partial charge is 0.444 e. The summed E-state index contributed by atoms with van der Waals surface area (Å²) in [4.78, 5) is 32.2. The molecular weight excluding hydrogens is 425 g/mol. The van der Waals surface area contributed by atoms with E-state index in [2.05, 4.69) is 10.3 Å². The van der Waals surface area contributed by atoms with Crippen molar-refractivity contribution in [2.45, 2.75) is 65.3 Å². The van der Waals surface area contributed by atoms with Gasteiger partial charge in [0.05, 0.1) is 5.56 Å². The number of ether oxygens (including phenoxy) is 1. The number of halogens is 3. The number of alkyl carbamates (subject to hydrolysis) is 1. The van der Waals surface area contributed by atoms with Crippen molar-refractivity contribution in [1.82, 2.24) is 15.2 Å². The quantitative estimate of drug-likeness (QED) is 0.695. The van der Waals surface area contributed by atoms with Crippen LogP contribution >= 0.6 is 0 Å². The van der Waals surface area contributed by atoms with Crippen LogP contribution in [-0.2, 0) is 15.7 Å². The van der Waals surface area contributed by atoms with Crippen LogP contribution in [0.1, 0.15) is 53.0 Å². The number of pyridine rings is 1. The zero-order chi connectivity index (χ0) is 24.1. The second-order valence-electron chi connectivity index (χ2n) is 9.24. The fraction of sp³-hybridized carbons (Fsp3) is 0.682. The van der Waals surface area contributed by atoms with E-state index in [9.17, 15) is 22.8 Å². The summed E-state index contributed by atoms with van der Waals surface area (Å²) in [6.07, 6.45) is -2.51. The first-order valence-corrected chi connectivity index (χ1v) is 10.8. The molecule has 180 valence electrons. The molecule has 7 nitrogen and oxygen atoms in total. The van der Waals surface area contributed by atoms with Crippen LogP contribution in [0.3, 0.4) is 0 Å². The van der Waals surface area contributed by atoms with Crippen LogP contribution in [0.5, 0.6) is 0 Å². The van der Waals surface area contributed by atoms with Crippen LogP contribution in [0, 0.1) is 5.92 Å². The van der Waals surface area contributed by atoms with E-state index in [4.69, 9.17) is 4.74 Å². The topological polar surface area (TPSA) is 74.8 Å². The average molecular weight is 459 g/mol. The number of nitrogens with one attached hydrogen (secondary N) is 1. The Morgan fingerprint density at radius 3 is 2.31 bits per heavy atom. The summed E-state index contributed by atoms with van der Waals surface area (Å²) in [5, 5.41) is 2.77. The number of piperazine rings is 1. The molecule has 1 N–H and O–H groups in total. The zero-order valence-electron chi connectivity index (χ0n) is 19.3. The fourth-order valence-corrected chi connectivity index (χ4v) is 3.44. The Morgan fingerprint density at radius 2 is 1.75 bits per heavy atom. The molecule has 10 heteroatoms. The molecule has 1 aromatic heterocycles. The Kier molecular flexibility index (Phi) is 8.36. The van der Waals surface area contributed by atoms with E-state index in [1.807, 2.05) is 13.8 Å². The van der Waals surface area contributed by atoms with E-state index in [1.165, 1.54) is 0 Å². The minimum absolute atomic E-state index is 0.00567. The minimum atomic E-state index is -4.42. The van der Waals surface area contributed by atoms with Gasteiger partial charge < -0.3 is 19.9 Å². The van der Waals surface area contributed by atoms with Gasteiger partial charge in [0.25, 0.3) is 0 Å². The highest BCUT2D eigenvalue weighted by Gasteiger charge is 2.32. The summed E-state index contributed by atoms with van der Waals surface area (Å²) in [6.45, 7) is 10.8. The monoisotopic (exact) mass is 458 g/mol.